The number of aliphatic hydroxyl groups is 5. The van der Waals surface area contributed by atoms with E-state index in [-0.39, 0.29) is 0 Å². The van der Waals surface area contributed by atoms with Gasteiger partial charge in [0.1, 0.15) is 12.2 Å². The van der Waals surface area contributed by atoms with Crippen molar-refractivity contribution in [1.82, 2.24) is 0 Å². The molecule has 1 aliphatic rings. The van der Waals surface area contributed by atoms with Crippen LogP contribution in [0, 0.1) is 0 Å². The number of carbonyl (C=O) groups is 1. The summed E-state index contributed by atoms with van der Waals surface area (Å²) in [6.45, 7) is -1.74. The summed E-state index contributed by atoms with van der Waals surface area (Å²) in [7, 11) is 0. The highest BCUT2D eigenvalue weighted by Crippen LogP contribution is 2.27. The molecule has 0 spiro atoms. The molecule has 0 aromatic carbocycles. The summed E-state index contributed by atoms with van der Waals surface area (Å²) in [6.07, 6.45) is -4.68. The molecule has 4 atom stereocenters. The lowest BCUT2D eigenvalue weighted by molar-refractivity contribution is -0.161. The lowest BCUT2D eigenvalue weighted by Gasteiger charge is -2.22. The largest absolute Gasteiger partial charge is 0.454 e. The number of aliphatic hydroxyl groups excluding tert-OH is 4. The van der Waals surface area contributed by atoms with Crippen LogP contribution in [0.2, 0.25) is 0 Å². The lowest BCUT2D eigenvalue weighted by Crippen LogP contribution is -2.51. The third-order valence-corrected chi connectivity index (χ3v) is 2.20. The van der Waals surface area contributed by atoms with E-state index in [1.54, 1.807) is 0 Å². The van der Waals surface area contributed by atoms with Crippen molar-refractivity contribution >= 4 is 5.97 Å². The molecule has 1 fully saturated rings. The van der Waals surface area contributed by atoms with Crippen LogP contribution in [0.4, 0.5) is 0 Å². The summed E-state index contributed by atoms with van der Waals surface area (Å²) < 4.78 is 4.42. The molecule has 1 rings (SSSR count). The van der Waals surface area contributed by atoms with Gasteiger partial charge in [-0.2, -0.15) is 0 Å². The van der Waals surface area contributed by atoms with Gasteiger partial charge in [-0.05, 0) is 0 Å². The normalized spacial score (nSPS) is 39.6. The highest BCUT2D eigenvalue weighted by Gasteiger charge is 2.57. The fraction of sp³-hybridized carbons (Fsp3) is 0.857. The van der Waals surface area contributed by atoms with Crippen LogP contribution in [-0.2, 0) is 9.53 Å². The molecule has 0 aromatic heterocycles. The van der Waals surface area contributed by atoms with E-state index in [1.165, 1.54) is 0 Å². The number of esters is 1. The zero-order chi connectivity index (χ0) is 10.9. The Bertz CT molecular complexity index is 230. The number of cyclic esters (lactones) is 1. The number of rotatable bonds is 3. The molecule has 82 valence electrons. The minimum Gasteiger partial charge on any atom is -0.454 e. The van der Waals surface area contributed by atoms with E-state index in [0.717, 1.165) is 0 Å². The highest BCUT2D eigenvalue weighted by molar-refractivity contribution is 5.83. The Kier molecular flexibility index (Phi) is 3.07. The number of hydrogen-bond acceptors (Lipinski definition) is 7. The molecule has 0 bridgehead atoms. The van der Waals surface area contributed by atoms with Crippen LogP contribution >= 0.6 is 0 Å². The van der Waals surface area contributed by atoms with Crippen molar-refractivity contribution in [3.8, 4) is 0 Å². The predicted molar refractivity (Wildman–Crippen MR) is 41.0 cm³/mol. The summed E-state index contributed by atoms with van der Waals surface area (Å²) in [6, 6.07) is 0. The van der Waals surface area contributed by atoms with E-state index in [1.807, 2.05) is 0 Å². The molecule has 0 saturated carbocycles. The summed E-state index contributed by atoms with van der Waals surface area (Å²) in [5.41, 5.74) is -2.42. The third-order valence-electron chi connectivity index (χ3n) is 2.20. The minimum atomic E-state index is -2.42. The van der Waals surface area contributed by atoms with Gasteiger partial charge < -0.3 is 30.3 Å². The smallest absolute Gasteiger partial charge is 0.343 e. The van der Waals surface area contributed by atoms with E-state index < -0.39 is 43.1 Å². The van der Waals surface area contributed by atoms with Crippen molar-refractivity contribution in [3.63, 3.8) is 0 Å². The Morgan fingerprint density at radius 3 is 2.43 bits per heavy atom. The van der Waals surface area contributed by atoms with Crippen molar-refractivity contribution in [2.45, 2.75) is 23.9 Å². The van der Waals surface area contributed by atoms with Gasteiger partial charge in [-0.25, -0.2) is 4.79 Å². The molecule has 1 saturated heterocycles. The standard InChI is InChI=1S/C7H12O7/c8-1-3(10)4-5(11)7(13,2-9)6(12)14-4/h3-5,8-11,13H,1-2H2/t3-,4+,5+,7+/m1/s1. The lowest BCUT2D eigenvalue weighted by atomic mass is 9.95. The molecular weight excluding hydrogens is 196 g/mol. The summed E-state index contributed by atoms with van der Waals surface area (Å²) in [5.74, 6) is -1.22. The molecule has 7 nitrogen and oxygen atoms in total. The Morgan fingerprint density at radius 2 is 2.07 bits per heavy atom. The zero-order valence-corrected chi connectivity index (χ0v) is 7.20. The van der Waals surface area contributed by atoms with Crippen LogP contribution in [-0.4, -0.2) is 68.6 Å². The summed E-state index contributed by atoms with van der Waals surface area (Å²) >= 11 is 0. The molecule has 0 amide bonds. The van der Waals surface area contributed by atoms with Gasteiger partial charge >= 0.3 is 5.97 Å². The summed E-state index contributed by atoms with van der Waals surface area (Å²) in [5, 5.41) is 45.1. The molecule has 7 heteroatoms. The Labute approximate surface area is 79.2 Å². The predicted octanol–water partition coefficient (Wildman–Crippen LogP) is -3.65. The zero-order valence-electron chi connectivity index (χ0n) is 7.20. The van der Waals surface area contributed by atoms with Crippen LogP contribution < -0.4 is 0 Å². The van der Waals surface area contributed by atoms with Crippen molar-refractivity contribution in [3.05, 3.63) is 0 Å². The summed E-state index contributed by atoms with van der Waals surface area (Å²) in [4.78, 5) is 11.0. The quantitative estimate of drug-likeness (QED) is 0.302. The van der Waals surface area contributed by atoms with E-state index in [2.05, 4.69) is 4.74 Å². The number of carbonyl (C=O) groups excluding carboxylic acids is 1. The molecule has 1 heterocycles. The molecule has 1 aliphatic heterocycles. The van der Waals surface area contributed by atoms with Crippen LogP contribution in [0.5, 0.6) is 0 Å². The van der Waals surface area contributed by atoms with Gasteiger partial charge in [0.05, 0.1) is 13.2 Å². The fourth-order valence-electron chi connectivity index (χ4n) is 1.23. The Morgan fingerprint density at radius 1 is 1.50 bits per heavy atom. The highest BCUT2D eigenvalue weighted by atomic mass is 16.6. The monoisotopic (exact) mass is 208 g/mol. The van der Waals surface area contributed by atoms with Crippen LogP contribution in [0.3, 0.4) is 0 Å². The van der Waals surface area contributed by atoms with Gasteiger partial charge in [0.15, 0.2) is 6.10 Å². The second-order valence-electron chi connectivity index (χ2n) is 3.15. The maximum Gasteiger partial charge on any atom is 0.343 e. The van der Waals surface area contributed by atoms with Gasteiger partial charge in [0, 0.05) is 0 Å². The van der Waals surface area contributed by atoms with Crippen molar-refractivity contribution in [1.29, 1.82) is 0 Å². The molecule has 14 heavy (non-hydrogen) atoms. The molecule has 0 aromatic rings. The van der Waals surface area contributed by atoms with Crippen LogP contribution in [0.15, 0.2) is 0 Å². The average molecular weight is 208 g/mol. The van der Waals surface area contributed by atoms with Crippen molar-refractivity contribution < 1.29 is 35.1 Å². The third kappa shape index (κ3) is 1.49. The Hall–Kier alpha value is -0.730. The van der Waals surface area contributed by atoms with E-state index in [0.29, 0.717) is 0 Å². The van der Waals surface area contributed by atoms with Crippen LogP contribution in [0.25, 0.3) is 0 Å². The maximum atomic E-state index is 11.0. The van der Waals surface area contributed by atoms with E-state index in [9.17, 15) is 15.0 Å². The van der Waals surface area contributed by atoms with Crippen LogP contribution in [0.1, 0.15) is 0 Å². The van der Waals surface area contributed by atoms with E-state index in [4.69, 9.17) is 15.3 Å². The number of ether oxygens (including phenoxy) is 1. The van der Waals surface area contributed by atoms with Crippen molar-refractivity contribution in [2.75, 3.05) is 13.2 Å². The van der Waals surface area contributed by atoms with Gasteiger partial charge in [-0.1, -0.05) is 0 Å². The van der Waals surface area contributed by atoms with Gasteiger partial charge in [0.2, 0.25) is 5.60 Å². The molecule has 0 unspecified atom stereocenters. The average Bonchev–Trinajstić information content (AvgIpc) is 2.42. The first kappa shape index (κ1) is 11.3. The number of hydrogen-bond donors (Lipinski definition) is 5. The van der Waals surface area contributed by atoms with Gasteiger partial charge in [0.25, 0.3) is 0 Å². The minimum absolute atomic E-state index is 0.726. The second kappa shape index (κ2) is 3.79. The molecule has 5 N–H and O–H groups in total. The molecule has 0 radical (unpaired) electrons. The second-order valence-corrected chi connectivity index (χ2v) is 3.15. The first-order valence-corrected chi connectivity index (χ1v) is 3.98. The topological polar surface area (TPSA) is 127 Å². The van der Waals surface area contributed by atoms with Gasteiger partial charge in [-0.3, -0.25) is 0 Å². The fourth-order valence-corrected chi connectivity index (χ4v) is 1.23. The van der Waals surface area contributed by atoms with Crippen molar-refractivity contribution in [2.24, 2.45) is 0 Å². The SMILES string of the molecule is O=C1O[C@@H]([C@H](O)CO)[C@H](O)[C@@]1(O)CO. The van der Waals surface area contributed by atoms with Gasteiger partial charge in [-0.15, -0.1) is 0 Å². The Balaban J connectivity index is 2.84. The first-order valence-electron chi connectivity index (χ1n) is 3.98. The maximum absolute atomic E-state index is 11.0. The first-order chi connectivity index (χ1) is 6.47. The molecule has 0 aliphatic carbocycles. The molecular formula is C7H12O7. The van der Waals surface area contributed by atoms with E-state index >= 15 is 0 Å².